The zero-order valence-corrected chi connectivity index (χ0v) is 13.6. The molecule has 0 saturated heterocycles. The first-order valence-electron chi connectivity index (χ1n) is 7.50. The van der Waals surface area contributed by atoms with Crippen LogP contribution in [0.2, 0.25) is 0 Å². The van der Waals surface area contributed by atoms with E-state index in [0.29, 0.717) is 34.8 Å². The van der Waals surface area contributed by atoms with Gasteiger partial charge in [0.1, 0.15) is 12.0 Å². The molecule has 124 valence electrons. The molecule has 8 nitrogen and oxygen atoms in total. The summed E-state index contributed by atoms with van der Waals surface area (Å²) < 4.78 is 4.99. The van der Waals surface area contributed by atoms with Gasteiger partial charge in [0.15, 0.2) is 11.6 Å². The van der Waals surface area contributed by atoms with Crippen LogP contribution in [0.1, 0.15) is 46.0 Å². The van der Waals surface area contributed by atoms with Crippen LogP contribution in [0.5, 0.6) is 0 Å². The zero-order valence-electron chi connectivity index (χ0n) is 13.6. The van der Waals surface area contributed by atoms with Gasteiger partial charge in [-0.05, 0) is 31.9 Å². The van der Waals surface area contributed by atoms with E-state index in [2.05, 4.69) is 25.5 Å². The second-order valence-corrected chi connectivity index (χ2v) is 5.36. The van der Waals surface area contributed by atoms with Crippen LogP contribution in [0, 0.1) is 6.92 Å². The number of nitrogens with zero attached hydrogens (tertiary/aromatic N) is 2. The Bertz CT molecular complexity index is 889. The van der Waals surface area contributed by atoms with Gasteiger partial charge in [-0.1, -0.05) is 6.92 Å². The van der Waals surface area contributed by atoms with Crippen LogP contribution < -0.4 is 5.32 Å². The summed E-state index contributed by atoms with van der Waals surface area (Å²) in [6.45, 7) is 5.16. The van der Waals surface area contributed by atoms with Crippen molar-refractivity contribution in [1.29, 1.82) is 0 Å². The maximum absolute atomic E-state index is 12.5. The van der Waals surface area contributed by atoms with Crippen molar-refractivity contribution in [2.45, 2.75) is 27.2 Å². The zero-order chi connectivity index (χ0) is 17.3. The minimum atomic E-state index is -0.389. The molecule has 0 unspecified atom stereocenters. The van der Waals surface area contributed by atoms with Crippen LogP contribution in [-0.4, -0.2) is 31.9 Å². The fourth-order valence-electron chi connectivity index (χ4n) is 2.71. The summed E-state index contributed by atoms with van der Waals surface area (Å²) in [6.07, 6.45) is 3.61. The third kappa shape index (κ3) is 2.73. The summed E-state index contributed by atoms with van der Waals surface area (Å²) >= 11 is 0. The first kappa shape index (κ1) is 15.7. The number of aryl methyl sites for hydroxylation is 1. The van der Waals surface area contributed by atoms with Crippen molar-refractivity contribution in [2.24, 2.45) is 0 Å². The molecule has 0 radical (unpaired) electrons. The van der Waals surface area contributed by atoms with E-state index in [1.165, 1.54) is 19.5 Å². The van der Waals surface area contributed by atoms with E-state index >= 15 is 0 Å². The van der Waals surface area contributed by atoms with Crippen molar-refractivity contribution in [3.05, 3.63) is 41.1 Å². The quantitative estimate of drug-likeness (QED) is 0.623. The van der Waals surface area contributed by atoms with Gasteiger partial charge in [-0.15, -0.1) is 5.10 Å². The topological polar surface area (TPSA) is 117 Å². The molecular weight excluding hydrogens is 310 g/mol. The predicted molar refractivity (Wildman–Crippen MR) is 87.0 cm³/mol. The molecule has 0 fully saturated rings. The summed E-state index contributed by atoms with van der Waals surface area (Å²) in [7, 11) is 0. The van der Waals surface area contributed by atoms with Crippen molar-refractivity contribution in [3.8, 4) is 11.4 Å². The van der Waals surface area contributed by atoms with Crippen molar-refractivity contribution < 1.29 is 14.0 Å². The van der Waals surface area contributed by atoms with E-state index in [0.717, 1.165) is 5.56 Å². The summed E-state index contributed by atoms with van der Waals surface area (Å²) in [5, 5.41) is 9.32. The van der Waals surface area contributed by atoms with Gasteiger partial charge in [-0.2, -0.15) is 4.98 Å². The van der Waals surface area contributed by atoms with Crippen molar-refractivity contribution in [2.75, 3.05) is 5.32 Å². The molecule has 3 rings (SSSR count). The van der Waals surface area contributed by atoms with Crippen molar-refractivity contribution >= 4 is 17.6 Å². The lowest BCUT2D eigenvalue weighted by Gasteiger charge is -2.03. The highest BCUT2D eigenvalue weighted by Gasteiger charge is 2.22. The van der Waals surface area contributed by atoms with Crippen molar-refractivity contribution in [3.63, 3.8) is 0 Å². The van der Waals surface area contributed by atoms with E-state index in [4.69, 9.17) is 4.42 Å². The molecule has 0 saturated carbocycles. The minimum absolute atomic E-state index is 0.0696. The van der Waals surface area contributed by atoms with Crippen LogP contribution in [0.15, 0.2) is 23.0 Å². The molecule has 3 heterocycles. The highest BCUT2D eigenvalue weighted by molar-refractivity contribution is 6.07. The number of aromatic nitrogens is 4. The summed E-state index contributed by atoms with van der Waals surface area (Å²) in [5.41, 5.74) is 3.03. The van der Waals surface area contributed by atoms with Gasteiger partial charge >= 0.3 is 0 Å². The Kier molecular flexibility index (Phi) is 4.03. The smallest absolute Gasteiger partial charge is 0.274 e. The van der Waals surface area contributed by atoms with E-state index in [1.807, 2.05) is 6.92 Å². The summed E-state index contributed by atoms with van der Waals surface area (Å²) in [4.78, 5) is 31.5. The van der Waals surface area contributed by atoms with Gasteiger partial charge in [-0.25, -0.2) is 0 Å². The number of nitrogens with one attached hydrogen (secondary N) is 3. The Balaban J connectivity index is 1.86. The fourth-order valence-corrected chi connectivity index (χ4v) is 2.71. The second kappa shape index (κ2) is 6.15. The lowest BCUT2D eigenvalue weighted by atomic mass is 10.0. The number of furan rings is 1. The molecule has 3 N–H and O–H groups in total. The molecule has 0 spiro atoms. The normalized spacial score (nSPS) is 10.8. The number of H-pyrrole nitrogens is 2. The molecular formula is C16H17N5O3. The van der Waals surface area contributed by atoms with Crippen LogP contribution in [0.3, 0.4) is 0 Å². The number of hydrogen-bond acceptors (Lipinski definition) is 5. The molecule has 3 aromatic heterocycles. The molecule has 24 heavy (non-hydrogen) atoms. The molecule has 8 heteroatoms. The largest absolute Gasteiger partial charge is 0.472 e. The Morgan fingerprint density at radius 2 is 2.17 bits per heavy atom. The number of amides is 1. The number of aromatic amines is 2. The van der Waals surface area contributed by atoms with Crippen LogP contribution in [-0.2, 0) is 6.42 Å². The Morgan fingerprint density at radius 3 is 2.79 bits per heavy atom. The SMILES string of the molecule is CCc1c(C(=O)Nc2n[nH]c(-c3ccoc3)n2)[nH]c(C)c1C(C)=O. The van der Waals surface area contributed by atoms with Gasteiger partial charge in [0, 0.05) is 11.3 Å². The molecule has 0 aliphatic heterocycles. The van der Waals surface area contributed by atoms with E-state index in [-0.39, 0.29) is 17.6 Å². The van der Waals surface area contributed by atoms with Crippen molar-refractivity contribution in [1.82, 2.24) is 20.2 Å². The molecule has 0 atom stereocenters. The molecule has 0 aliphatic rings. The maximum Gasteiger partial charge on any atom is 0.274 e. The monoisotopic (exact) mass is 327 g/mol. The average molecular weight is 327 g/mol. The van der Waals surface area contributed by atoms with Crippen LogP contribution >= 0.6 is 0 Å². The summed E-state index contributed by atoms with van der Waals surface area (Å²) in [5.74, 6) is 0.178. The van der Waals surface area contributed by atoms with Gasteiger partial charge in [0.2, 0.25) is 5.95 Å². The van der Waals surface area contributed by atoms with Gasteiger partial charge in [0.05, 0.1) is 11.8 Å². The van der Waals surface area contributed by atoms with Gasteiger partial charge < -0.3 is 9.40 Å². The number of carbonyl (C=O) groups is 2. The highest BCUT2D eigenvalue weighted by atomic mass is 16.3. The molecule has 0 aromatic carbocycles. The third-order valence-electron chi connectivity index (χ3n) is 3.73. The van der Waals surface area contributed by atoms with Gasteiger partial charge in [-0.3, -0.25) is 20.0 Å². The lowest BCUT2D eigenvalue weighted by Crippen LogP contribution is -2.15. The van der Waals surface area contributed by atoms with E-state index < -0.39 is 0 Å². The van der Waals surface area contributed by atoms with Gasteiger partial charge in [0.25, 0.3) is 5.91 Å². The molecule has 1 amide bonds. The predicted octanol–water partition coefficient (Wildman–Crippen LogP) is 2.72. The molecule has 0 bridgehead atoms. The number of anilines is 1. The molecule has 3 aromatic rings. The number of rotatable bonds is 5. The minimum Gasteiger partial charge on any atom is -0.472 e. The molecule has 0 aliphatic carbocycles. The van der Waals surface area contributed by atoms with Crippen LogP contribution in [0.25, 0.3) is 11.4 Å². The Labute approximate surface area is 137 Å². The number of ketones is 1. The van der Waals surface area contributed by atoms with Crippen LogP contribution in [0.4, 0.5) is 5.95 Å². The van der Waals surface area contributed by atoms with E-state index in [1.54, 1.807) is 13.0 Å². The fraction of sp³-hybridized carbons (Fsp3) is 0.250. The Morgan fingerprint density at radius 1 is 1.38 bits per heavy atom. The maximum atomic E-state index is 12.5. The van der Waals surface area contributed by atoms with E-state index in [9.17, 15) is 9.59 Å². The number of Topliss-reactive ketones (excluding diaryl/α,β-unsaturated/α-hetero) is 1. The number of hydrogen-bond donors (Lipinski definition) is 3. The first-order chi connectivity index (χ1) is 11.5. The number of carbonyl (C=O) groups excluding carboxylic acids is 2. The third-order valence-corrected chi connectivity index (χ3v) is 3.73. The Hall–Kier alpha value is -3.16. The average Bonchev–Trinajstić information content (AvgIpc) is 3.24. The standard InChI is InChI=1S/C16H17N5O3/c1-4-11-12(9(3)22)8(2)17-13(11)15(23)19-16-18-14(20-21-16)10-5-6-24-7-10/h5-7,17H,4H2,1-3H3,(H2,18,19,20,21,23). The highest BCUT2D eigenvalue weighted by Crippen LogP contribution is 2.21. The first-order valence-corrected chi connectivity index (χ1v) is 7.50. The lowest BCUT2D eigenvalue weighted by molar-refractivity contribution is 0.101. The second-order valence-electron chi connectivity index (χ2n) is 5.36. The summed E-state index contributed by atoms with van der Waals surface area (Å²) in [6, 6.07) is 1.73.